The molecule has 0 heterocycles. The van der Waals surface area contributed by atoms with Crippen molar-refractivity contribution in [2.24, 2.45) is 5.92 Å². The minimum absolute atomic E-state index is 0.194. The van der Waals surface area contributed by atoms with E-state index in [-0.39, 0.29) is 12.5 Å². The second-order valence-electron chi connectivity index (χ2n) is 2.62. The Kier molecular flexibility index (Phi) is 6.95. The van der Waals surface area contributed by atoms with Gasteiger partial charge in [0.05, 0.1) is 6.61 Å². The maximum Gasteiger partial charge on any atom is 0.489 e. The van der Waals surface area contributed by atoms with Crippen LogP contribution in [0.5, 0.6) is 0 Å². The molecule has 0 radical (unpaired) electrons. The summed E-state index contributed by atoms with van der Waals surface area (Å²) in [6.45, 7) is 4.17. The van der Waals surface area contributed by atoms with E-state index in [1.807, 2.05) is 13.8 Å². The molecule has 1 unspecified atom stereocenters. The van der Waals surface area contributed by atoms with Crippen LogP contribution in [0.3, 0.4) is 0 Å². The lowest BCUT2D eigenvalue weighted by atomic mass is 10.1. The van der Waals surface area contributed by atoms with Crippen LogP contribution in [-0.4, -0.2) is 11.5 Å². The van der Waals surface area contributed by atoms with E-state index in [0.717, 1.165) is 12.8 Å². The molecule has 0 fully saturated rings. The summed E-state index contributed by atoms with van der Waals surface area (Å²) < 4.78 is 19.6. The molecule has 0 aliphatic heterocycles. The summed E-state index contributed by atoms with van der Waals surface area (Å²) in [5.41, 5.74) is 0. The standard InChI is InChI=1S/C6H15ClNO4P/c1-3-6(4-2)5-11-13(9,10)12-8-7/h6,8H,3-5H2,1-2H3,(H,9,10). The first-order chi connectivity index (χ1) is 6.05. The molecular formula is C6H15ClNO4P. The molecule has 5 nitrogen and oxygen atoms in total. The zero-order valence-corrected chi connectivity index (χ0v) is 9.35. The van der Waals surface area contributed by atoms with Crippen LogP contribution >= 0.6 is 19.6 Å². The van der Waals surface area contributed by atoms with E-state index >= 15 is 0 Å². The number of rotatable bonds is 7. The summed E-state index contributed by atoms with van der Waals surface area (Å²) in [5.74, 6) is 0.263. The minimum Gasteiger partial charge on any atom is -0.301 e. The summed E-state index contributed by atoms with van der Waals surface area (Å²) >= 11 is 4.88. The Morgan fingerprint density at radius 1 is 1.54 bits per heavy atom. The van der Waals surface area contributed by atoms with Gasteiger partial charge in [0.25, 0.3) is 0 Å². The van der Waals surface area contributed by atoms with Crippen LogP contribution in [-0.2, 0) is 13.7 Å². The highest BCUT2D eigenvalue weighted by molar-refractivity contribution is 7.47. The molecule has 80 valence electrons. The molecule has 0 aromatic heterocycles. The minimum atomic E-state index is -4.02. The second-order valence-corrected chi connectivity index (χ2v) is 4.15. The largest absolute Gasteiger partial charge is 0.489 e. The third-order valence-electron chi connectivity index (χ3n) is 1.78. The fourth-order valence-corrected chi connectivity index (χ4v) is 1.59. The molecule has 7 heteroatoms. The van der Waals surface area contributed by atoms with Crippen molar-refractivity contribution >= 4 is 19.6 Å². The van der Waals surface area contributed by atoms with Gasteiger partial charge in [0.2, 0.25) is 0 Å². The molecule has 1 atom stereocenters. The van der Waals surface area contributed by atoms with E-state index in [2.05, 4.69) is 9.15 Å². The average Bonchev–Trinajstić information content (AvgIpc) is 2.06. The first-order valence-corrected chi connectivity index (χ1v) is 5.94. The maximum atomic E-state index is 10.9. The molecule has 0 aliphatic carbocycles. The Morgan fingerprint density at radius 3 is 2.46 bits per heavy atom. The highest BCUT2D eigenvalue weighted by atomic mass is 35.5. The van der Waals surface area contributed by atoms with Crippen molar-refractivity contribution in [2.45, 2.75) is 26.7 Å². The molecule has 0 aromatic carbocycles. The topological polar surface area (TPSA) is 67.8 Å². The summed E-state index contributed by atoms with van der Waals surface area (Å²) in [5, 5.41) is 0. The normalized spacial score (nSPS) is 16.1. The average molecular weight is 232 g/mol. The van der Waals surface area contributed by atoms with Gasteiger partial charge in [-0.25, -0.2) is 4.57 Å². The van der Waals surface area contributed by atoms with Gasteiger partial charge in [-0.15, -0.1) is 5.00 Å². The number of hydrogen-bond acceptors (Lipinski definition) is 4. The van der Waals surface area contributed by atoms with E-state index in [4.69, 9.17) is 16.7 Å². The van der Waals surface area contributed by atoms with E-state index < -0.39 is 7.82 Å². The van der Waals surface area contributed by atoms with Gasteiger partial charge in [-0.2, -0.15) is 4.62 Å². The fourth-order valence-electron chi connectivity index (χ4n) is 0.794. The predicted octanol–water partition coefficient (Wildman–Crippen LogP) is 2.21. The lowest BCUT2D eigenvalue weighted by molar-refractivity contribution is 0.114. The first-order valence-electron chi connectivity index (χ1n) is 4.07. The number of halogens is 1. The molecule has 0 bridgehead atoms. The quantitative estimate of drug-likeness (QED) is 0.399. The van der Waals surface area contributed by atoms with E-state index in [1.165, 1.54) is 0 Å². The molecule has 0 saturated heterocycles. The van der Waals surface area contributed by atoms with Crippen molar-refractivity contribution in [3.05, 3.63) is 0 Å². The predicted molar refractivity (Wildman–Crippen MR) is 49.9 cm³/mol. The van der Waals surface area contributed by atoms with Gasteiger partial charge in [0.1, 0.15) is 0 Å². The fraction of sp³-hybridized carbons (Fsp3) is 1.00. The van der Waals surface area contributed by atoms with Crippen LogP contribution in [0.25, 0.3) is 0 Å². The second kappa shape index (κ2) is 6.76. The first kappa shape index (κ1) is 13.4. The summed E-state index contributed by atoms with van der Waals surface area (Å²) in [6.07, 6.45) is 1.79. The van der Waals surface area contributed by atoms with Crippen molar-refractivity contribution in [1.29, 1.82) is 0 Å². The van der Waals surface area contributed by atoms with Gasteiger partial charge in [-0.1, -0.05) is 26.7 Å². The maximum absolute atomic E-state index is 10.9. The SMILES string of the molecule is CCC(CC)COP(=O)(O)ONCl. The van der Waals surface area contributed by atoms with Crippen LogP contribution in [0.2, 0.25) is 0 Å². The number of phosphoric ester groups is 1. The molecule has 0 aromatic rings. The molecule has 0 aliphatic rings. The van der Waals surface area contributed by atoms with E-state index in [1.54, 1.807) is 5.00 Å². The van der Waals surface area contributed by atoms with Gasteiger partial charge in [0, 0.05) is 11.8 Å². The molecule has 13 heavy (non-hydrogen) atoms. The van der Waals surface area contributed by atoms with Gasteiger partial charge in [-0.3, -0.25) is 4.52 Å². The Labute approximate surface area is 83.1 Å². The van der Waals surface area contributed by atoms with Crippen molar-refractivity contribution in [2.75, 3.05) is 6.61 Å². The van der Waals surface area contributed by atoms with E-state index in [9.17, 15) is 4.57 Å². The summed E-state index contributed by atoms with van der Waals surface area (Å²) in [6, 6.07) is 0. The molecule has 2 N–H and O–H groups in total. The van der Waals surface area contributed by atoms with Crippen molar-refractivity contribution < 1.29 is 18.6 Å². The van der Waals surface area contributed by atoms with Crippen LogP contribution < -0.4 is 5.00 Å². The smallest absolute Gasteiger partial charge is 0.301 e. The monoisotopic (exact) mass is 231 g/mol. The Morgan fingerprint density at radius 2 is 2.08 bits per heavy atom. The van der Waals surface area contributed by atoms with Crippen molar-refractivity contribution in [3.63, 3.8) is 0 Å². The lowest BCUT2D eigenvalue weighted by Crippen LogP contribution is -2.09. The summed E-state index contributed by atoms with van der Waals surface area (Å²) in [4.78, 5) is 10.5. The number of nitrogens with one attached hydrogen (secondary N) is 1. The Balaban J connectivity index is 3.78. The van der Waals surface area contributed by atoms with Gasteiger partial charge >= 0.3 is 7.82 Å². The lowest BCUT2D eigenvalue weighted by Gasteiger charge is -2.14. The Hall–Kier alpha value is 0.360. The zero-order valence-electron chi connectivity index (χ0n) is 7.70. The third-order valence-corrected chi connectivity index (χ3v) is 2.76. The molecule has 0 amide bonds. The Bertz CT molecular complexity index is 176. The van der Waals surface area contributed by atoms with Crippen molar-refractivity contribution in [1.82, 2.24) is 5.00 Å². The number of hydrogen-bond donors (Lipinski definition) is 2. The zero-order chi connectivity index (χ0) is 10.3. The van der Waals surface area contributed by atoms with Crippen molar-refractivity contribution in [3.8, 4) is 0 Å². The van der Waals surface area contributed by atoms with Gasteiger partial charge < -0.3 is 4.89 Å². The highest BCUT2D eigenvalue weighted by Gasteiger charge is 2.22. The van der Waals surface area contributed by atoms with Crippen LogP contribution in [0.4, 0.5) is 0 Å². The molecular weight excluding hydrogens is 216 g/mol. The van der Waals surface area contributed by atoms with Gasteiger partial charge in [0.15, 0.2) is 0 Å². The van der Waals surface area contributed by atoms with Crippen LogP contribution in [0, 0.1) is 5.92 Å². The molecule has 0 rings (SSSR count). The molecule has 0 spiro atoms. The van der Waals surface area contributed by atoms with E-state index in [0.29, 0.717) is 0 Å². The third kappa shape index (κ3) is 6.43. The highest BCUT2D eigenvalue weighted by Crippen LogP contribution is 2.42. The van der Waals surface area contributed by atoms with Crippen LogP contribution in [0.1, 0.15) is 26.7 Å². The molecule has 0 saturated carbocycles. The number of phosphoric acid groups is 1. The van der Waals surface area contributed by atoms with Gasteiger partial charge in [-0.05, 0) is 5.92 Å². The van der Waals surface area contributed by atoms with Crippen LogP contribution in [0.15, 0.2) is 0 Å². The summed E-state index contributed by atoms with van der Waals surface area (Å²) in [7, 11) is -4.02.